The van der Waals surface area contributed by atoms with Crippen LogP contribution < -0.4 is 21.3 Å². The fourth-order valence-electron chi connectivity index (χ4n) is 2.19. The van der Waals surface area contributed by atoms with Crippen molar-refractivity contribution in [1.82, 2.24) is 5.43 Å². The van der Waals surface area contributed by atoms with Gasteiger partial charge in [-0.25, -0.2) is 5.84 Å². The van der Waals surface area contributed by atoms with Crippen molar-refractivity contribution in [3.63, 3.8) is 0 Å². The first kappa shape index (κ1) is 14.3. The highest BCUT2D eigenvalue weighted by Gasteiger charge is 2.20. The first-order valence-electron chi connectivity index (χ1n) is 6.74. The van der Waals surface area contributed by atoms with Crippen molar-refractivity contribution < 1.29 is 14.3 Å². The van der Waals surface area contributed by atoms with Gasteiger partial charge in [0.1, 0.15) is 5.75 Å². The molecule has 1 unspecified atom stereocenters. The number of rotatable bonds is 5. The van der Waals surface area contributed by atoms with Gasteiger partial charge in [-0.3, -0.25) is 15.0 Å². The number of aryl methyl sites for hydroxylation is 1. The van der Waals surface area contributed by atoms with Crippen molar-refractivity contribution in [3.05, 3.63) is 23.8 Å². The highest BCUT2D eigenvalue weighted by molar-refractivity contribution is 5.94. The monoisotopic (exact) mass is 277 g/mol. The van der Waals surface area contributed by atoms with E-state index in [9.17, 15) is 9.59 Å². The number of nitrogens with two attached hydrogens (primary N) is 1. The summed E-state index contributed by atoms with van der Waals surface area (Å²) in [5, 5.41) is 2.80. The highest BCUT2D eigenvalue weighted by atomic mass is 16.5. The Balaban J connectivity index is 2.14. The Morgan fingerprint density at radius 1 is 1.50 bits per heavy atom. The van der Waals surface area contributed by atoms with Crippen molar-refractivity contribution in [3.8, 4) is 5.75 Å². The number of carbonyl (C=O) groups excluding carboxylic acids is 2. The van der Waals surface area contributed by atoms with Gasteiger partial charge in [-0.2, -0.15) is 0 Å². The van der Waals surface area contributed by atoms with Crippen LogP contribution in [-0.4, -0.2) is 17.9 Å². The first-order chi connectivity index (χ1) is 9.63. The lowest BCUT2D eigenvalue weighted by Gasteiger charge is -2.20. The van der Waals surface area contributed by atoms with Gasteiger partial charge in [0.2, 0.25) is 5.91 Å². The summed E-state index contributed by atoms with van der Waals surface area (Å²) in [5.41, 5.74) is 3.93. The van der Waals surface area contributed by atoms with E-state index in [4.69, 9.17) is 10.6 Å². The second-order valence-corrected chi connectivity index (χ2v) is 4.77. The number of hydrogen-bond donors (Lipinski definition) is 3. The molecule has 108 valence electrons. The van der Waals surface area contributed by atoms with E-state index in [0.717, 1.165) is 24.1 Å². The van der Waals surface area contributed by atoms with Crippen LogP contribution in [0.1, 0.15) is 31.7 Å². The van der Waals surface area contributed by atoms with Crippen LogP contribution in [0.15, 0.2) is 18.2 Å². The molecule has 0 aliphatic carbocycles. The van der Waals surface area contributed by atoms with E-state index < -0.39 is 6.10 Å². The van der Waals surface area contributed by atoms with Crippen molar-refractivity contribution >= 4 is 17.5 Å². The van der Waals surface area contributed by atoms with Gasteiger partial charge in [0.05, 0.1) is 0 Å². The molecular formula is C14H19N3O3. The summed E-state index contributed by atoms with van der Waals surface area (Å²) in [7, 11) is 0. The van der Waals surface area contributed by atoms with Crippen molar-refractivity contribution in [2.24, 2.45) is 5.84 Å². The Kier molecular flexibility index (Phi) is 4.57. The molecule has 4 N–H and O–H groups in total. The van der Waals surface area contributed by atoms with E-state index >= 15 is 0 Å². The molecule has 1 aromatic rings. The Bertz CT molecular complexity index is 516. The summed E-state index contributed by atoms with van der Waals surface area (Å²) in [6.07, 6.45) is 1.98. The maximum absolute atomic E-state index is 11.6. The number of nitrogens with one attached hydrogen (secondary N) is 2. The van der Waals surface area contributed by atoms with Crippen LogP contribution in [0.25, 0.3) is 0 Å². The van der Waals surface area contributed by atoms with Gasteiger partial charge < -0.3 is 10.1 Å². The average molecular weight is 277 g/mol. The number of benzene rings is 1. The van der Waals surface area contributed by atoms with Gasteiger partial charge in [0.25, 0.3) is 5.91 Å². The van der Waals surface area contributed by atoms with E-state index in [1.165, 1.54) is 0 Å². The van der Waals surface area contributed by atoms with E-state index in [2.05, 4.69) is 10.7 Å². The normalized spacial score (nSPS) is 15.0. The Morgan fingerprint density at radius 3 is 3.00 bits per heavy atom. The smallest absolute Gasteiger partial charge is 0.274 e. The van der Waals surface area contributed by atoms with Crippen molar-refractivity contribution in [2.75, 3.05) is 5.32 Å². The minimum atomic E-state index is -0.623. The molecule has 0 spiro atoms. The second-order valence-electron chi connectivity index (χ2n) is 4.77. The van der Waals surface area contributed by atoms with E-state index in [0.29, 0.717) is 18.6 Å². The Labute approximate surface area is 117 Å². The molecule has 2 rings (SSSR count). The number of hydrazine groups is 1. The summed E-state index contributed by atoms with van der Waals surface area (Å²) in [6, 6.07) is 5.47. The lowest BCUT2D eigenvalue weighted by Crippen LogP contribution is -2.42. The minimum absolute atomic E-state index is 0.000501. The molecule has 20 heavy (non-hydrogen) atoms. The molecule has 1 aliphatic heterocycles. The van der Waals surface area contributed by atoms with Gasteiger partial charge in [-0.15, -0.1) is 0 Å². The molecule has 0 saturated heterocycles. The summed E-state index contributed by atoms with van der Waals surface area (Å²) < 4.78 is 5.67. The highest BCUT2D eigenvalue weighted by Crippen LogP contribution is 2.28. The van der Waals surface area contributed by atoms with Gasteiger partial charge in [0.15, 0.2) is 6.10 Å². The van der Waals surface area contributed by atoms with Gasteiger partial charge in [0, 0.05) is 18.2 Å². The van der Waals surface area contributed by atoms with Crippen LogP contribution >= 0.6 is 0 Å². The number of hydrogen-bond acceptors (Lipinski definition) is 4. The van der Waals surface area contributed by atoms with Crippen LogP contribution in [-0.2, 0) is 16.0 Å². The molecule has 0 saturated carbocycles. The third-order valence-corrected chi connectivity index (χ3v) is 3.24. The van der Waals surface area contributed by atoms with E-state index in [1.807, 2.05) is 19.1 Å². The van der Waals surface area contributed by atoms with Gasteiger partial charge in [-0.05, 0) is 24.5 Å². The van der Waals surface area contributed by atoms with Gasteiger partial charge in [-0.1, -0.05) is 19.4 Å². The van der Waals surface area contributed by atoms with E-state index in [1.54, 1.807) is 6.07 Å². The Morgan fingerprint density at radius 2 is 2.30 bits per heavy atom. The number of anilines is 1. The zero-order chi connectivity index (χ0) is 14.5. The van der Waals surface area contributed by atoms with E-state index in [-0.39, 0.29) is 11.8 Å². The largest absolute Gasteiger partial charge is 0.480 e. The molecule has 6 nitrogen and oxygen atoms in total. The molecule has 2 amide bonds. The summed E-state index contributed by atoms with van der Waals surface area (Å²) >= 11 is 0. The van der Waals surface area contributed by atoms with Crippen LogP contribution in [0.4, 0.5) is 5.69 Å². The fourth-order valence-corrected chi connectivity index (χ4v) is 2.19. The second kappa shape index (κ2) is 6.38. The first-order valence-corrected chi connectivity index (χ1v) is 6.74. The number of ether oxygens (including phenoxy) is 1. The Hall–Kier alpha value is -2.08. The maximum Gasteiger partial charge on any atom is 0.274 e. The average Bonchev–Trinajstić information content (AvgIpc) is 2.45. The van der Waals surface area contributed by atoms with Crippen molar-refractivity contribution in [2.45, 2.75) is 38.7 Å². The summed E-state index contributed by atoms with van der Waals surface area (Å²) in [5.74, 6) is 5.34. The van der Waals surface area contributed by atoms with Crippen LogP contribution in [0, 0.1) is 0 Å². The molecule has 0 aromatic heterocycles. The fraction of sp³-hybridized carbons (Fsp3) is 0.429. The zero-order valence-electron chi connectivity index (χ0n) is 11.4. The number of amides is 2. The molecule has 1 aromatic carbocycles. The van der Waals surface area contributed by atoms with Crippen molar-refractivity contribution in [1.29, 1.82) is 0 Å². The topological polar surface area (TPSA) is 93.4 Å². The molecule has 1 heterocycles. The predicted octanol–water partition coefficient (Wildman–Crippen LogP) is 1.11. The minimum Gasteiger partial charge on any atom is -0.480 e. The molecular weight excluding hydrogens is 258 g/mol. The third-order valence-electron chi connectivity index (χ3n) is 3.24. The van der Waals surface area contributed by atoms with Gasteiger partial charge >= 0.3 is 0 Å². The predicted molar refractivity (Wildman–Crippen MR) is 75.0 cm³/mol. The lowest BCUT2D eigenvalue weighted by molar-refractivity contribution is -0.128. The third kappa shape index (κ3) is 3.27. The quantitative estimate of drug-likeness (QED) is 0.427. The molecule has 6 heteroatoms. The lowest BCUT2D eigenvalue weighted by atomic mass is 10.0. The number of carbonyl (C=O) groups is 2. The number of fused-ring (bicyclic) bond motifs is 1. The molecule has 1 atom stereocenters. The summed E-state index contributed by atoms with van der Waals surface area (Å²) in [4.78, 5) is 23.0. The standard InChI is InChI=1S/C14H19N3O3/c1-2-3-12(14(19)17-15)20-10-6-4-9-5-7-13(18)16-11(9)8-10/h4,6,8,12H,2-3,5,7,15H2,1H3,(H,16,18)(H,17,19). The zero-order valence-corrected chi connectivity index (χ0v) is 11.4. The molecule has 0 radical (unpaired) electrons. The molecule has 0 fully saturated rings. The summed E-state index contributed by atoms with van der Waals surface area (Å²) in [6.45, 7) is 1.97. The van der Waals surface area contributed by atoms with Crippen LogP contribution in [0.3, 0.4) is 0 Å². The molecule has 0 bridgehead atoms. The van der Waals surface area contributed by atoms with Crippen LogP contribution in [0.2, 0.25) is 0 Å². The van der Waals surface area contributed by atoms with Crippen LogP contribution in [0.5, 0.6) is 5.75 Å². The SMILES string of the molecule is CCCC(Oc1ccc2c(c1)NC(=O)CC2)C(=O)NN. The maximum atomic E-state index is 11.6. The molecule has 1 aliphatic rings.